The number of hydrogen-bond donors (Lipinski definition) is 2. The van der Waals surface area contributed by atoms with E-state index >= 15 is 0 Å². The first-order chi connectivity index (χ1) is 9.70. The van der Waals surface area contributed by atoms with E-state index in [1.807, 2.05) is 18.2 Å². The number of nitrogens with zero attached hydrogens (tertiary/aromatic N) is 3. The Bertz CT molecular complexity index is 738. The van der Waals surface area contributed by atoms with E-state index in [0.717, 1.165) is 17.5 Å². The molecule has 2 heterocycles. The minimum atomic E-state index is 0.112. The molecule has 0 saturated carbocycles. The fourth-order valence-electron chi connectivity index (χ4n) is 2.49. The molecule has 0 radical (unpaired) electrons. The summed E-state index contributed by atoms with van der Waals surface area (Å²) in [6.07, 6.45) is 0.920. The Morgan fingerprint density at radius 2 is 2.00 bits per heavy atom. The lowest BCUT2D eigenvalue weighted by Crippen LogP contribution is -2.03. The van der Waals surface area contributed by atoms with Gasteiger partial charge in [-0.05, 0) is 23.6 Å². The number of halogens is 1. The number of fused-ring (bicyclic) bond motifs is 1. The van der Waals surface area contributed by atoms with Crippen molar-refractivity contribution in [2.75, 3.05) is 5.73 Å². The van der Waals surface area contributed by atoms with Crippen molar-refractivity contribution in [1.29, 1.82) is 0 Å². The fraction of sp³-hybridized carbons (Fsp3) is 0.214. The Morgan fingerprint density at radius 3 is 2.70 bits per heavy atom. The molecule has 0 amide bonds. The quantitative estimate of drug-likeness (QED) is 0.725. The molecule has 3 N–H and O–H groups in total. The molecule has 3 rings (SSSR count). The summed E-state index contributed by atoms with van der Waals surface area (Å²) in [6.45, 7) is 2.12. The zero-order valence-corrected chi connectivity index (χ0v) is 11.7. The van der Waals surface area contributed by atoms with Crippen LogP contribution in [-0.2, 0) is 0 Å². The number of anilines is 1. The van der Waals surface area contributed by atoms with E-state index in [9.17, 15) is 0 Å². The molecule has 0 aliphatic carbocycles. The zero-order chi connectivity index (χ0) is 14.1. The van der Waals surface area contributed by atoms with E-state index in [2.05, 4.69) is 39.2 Å². The molecule has 0 aliphatic heterocycles. The largest absolute Gasteiger partial charge is 0.383 e. The molecule has 0 saturated heterocycles. The summed E-state index contributed by atoms with van der Waals surface area (Å²) in [5, 5.41) is 8.10. The van der Waals surface area contributed by atoms with Crippen LogP contribution in [0.2, 0.25) is 5.28 Å². The third-order valence-corrected chi connectivity index (χ3v) is 3.57. The summed E-state index contributed by atoms with van der Waals surface area (Å²) >= 11 is 5.81. The van der Waals surface area contributed by atoms with Crippen molar-refractivity contribution in [3.05, 3.63) is 46.9 Å². The first kappa shape index (κ1) is 12.9. The van der Waals surface area contributed by atoms with Crippen LogP contribution in [0.15, 0.2) is 30.3 Å². The summed E-state index contributed by atoms with van der Waals surface area (Å²) < 4.78 is 0. The van der Waals surface area contributed by atoms with Crippen molar-refractivity contribution in [3.8, 4) is 0 Å². The van der Waals surface area contributed by atoms with Gasteiger partial charge >= 0.3 is 0 Å². The molecule has 5 nitrogen and oxygen atoms in total. The molecule has 3 aromatic rings. The Balaban J connectivity index is 2.18. The summed E-state index contributed by atoms with van der Waals surface area (Å²) in [5.41, 5.74) is 8.62. The molecule has 1 aromatic carbocycles. The van der Waals surface area contributed by atoms with Gasteiger partial charge in [-0.1, -0.05) is 37.3 Å². The number of nitrogens with two attached hydrogens (primary N) is 1. The normalized spacial score (nSPS) is 12.7. The lowest BCUT2D eigenvalue weighted by atomic mass is 9.92. The molecule has 102 valence electrons. The monoisotopic (exact) mass is 287 g/mol. The number of benzene rings is 1. The molecule has 0 spiro atoms. The molecule has 6 heteroatoms. The number of rotatable bonds is 3. The van der Waals surface area contributed by atoms with Crippen LogP contribution in [0.4, 0.5) is 5.82 Å². The van der Waals surface area contributed by atoms with Gasteiger partial charge in [0, 0.05) is 5.92 Å². The van der Waals surface area contributed by atoms with Crippen LogP contribution in [0.5, 0.6) is 0 Å². The van der Waals surface area contributed by atoms with Gasteiger partial charge in [-0.3, -0.25) is 5.10 Å². The second-order valence-electron chi connectivity index (χ2n) is 4.59. The highest BCUT2D eigenvalue weighted by Crippen LogP contribution is 2.33. The van der Waals surface area contributed by atoms with Crippen molar-refractivity contribution in [2.45, 2.75) is 19.3 Å². The summed E-state index contributed by atoms with van der Waals surface area (Å²) in [7, 11) is 0. The number of aromatic nitrogens is 4. The first-order valence-electron chi connectivity index (χ1n) is 6.42. The van der Waals surface area contributed by atoms with Crippen molar-refractivity contribution < 1.29 is 0 Å². The lowest BCUT2D eigenvalue weighted by molar-refractivity contribution is 0.748. The van der Waals surface area contributed by atoms with Gasteiger partial charge in [-0.2, -0.15) is 10.1 Å². The van der Waals surface area contributed by atoms with E-state index in [4.69, 9.17) is 17.3 Å². The van der Waals surface area contributed by atoms with Crippen LogP contribution < -0.4 is 5.73 Å². The molecular weight excluding hydrogens is 274 g/mol. The molecule has 1 atom stereocenters. The average Bonchev–Trinajstić information content (AvgIpc) is 2.85. The minimum Gasteiger partial charge on any atom is -0.383 e. The Hall–Kier alpha value is -2.14. The third kappa shape index (κ3) is 2.10. The molecule has 2 aromatic heterocycles. The van der Waals surface area contributed by atoms with E-state index in [-0.39, 0.29) is 11.2 Å². The van der Waals surface area contributed by atoms with Gasteiger partial charge < -0.3 is 5.73 Å². The molecule has 0 fully saturated rings. The van der Waals surface area contributed by atoms with E-state index in [1.165, 1.54) is 5.56 Å². The third-order valence-electron chi connectivity index (χ3n) is 3.40. The standard InChI is InChI=1S/C14H14ClN5/c1-2-9(8-6-4-3-5-7-8)11-10-12(16)17-14(15)18-13(10)20-19-11/h3-7,9H,2H2,1H3,(H3,16,17,18,19,20)/t9-/m1/s1. The predicted octanol–water partition coefficient (Wildman–Crippen LogP) is 3.13. The van der Waals surface area contributed by atoms with Crippen molar-refractivity contribution in [1.82, 2.24) is 20.2 Å². The van der Waals surface area contributed by atoms with Gasteiger partial charge in [0.15, 0.2) is 5.65 Å². The maximum atomic E-state index is 5.98. The maximum Gasteiger partial charge on any atom is 0.226 e. The Kier molecular flexibility index (Phi) is 3.28. The van der Waals surface area contributed by atoms with Crippen LogP contribution >= 0.6 is 11.6 Å². The predicted molar refractivity (Wildman–Crippen MR) is 79.7 cm³/mol. The number of hydrogen-bond acceptors (Lipinski definition) is 4. The fourth-order valence-corrected chi connectivity index (χ4v) is 2.66. The average molecular weight is 288 g/mol. The van der Waals surface area contributed by atoms with Crippen molar-refractivity contribution in [3.63, 3.8) is 0 Å². The van der Waals surface area contributed by atoms with Gasteiger partial charge in [0.25, 0.3) is 0 Å². The van der Waals surface area contributed by atoms with E-state index < -0.39 is 0 Å². The molecule has 0 aliphatic rings. The van der Waals surface area contributed by atoms with Crippen LogP contribution in [0.25, 0.3) is 11.0 Å². The van der Waals surface area contributed by atoms with Gasteiger partial charge in [0.2, 0.25) is 5.28 Å². The van der Waals surface area contributed by atoms with E-state index in [1.54, 1.807) is 0 Å². The minimum absolute atomic E-state index is 0.112. The van der Waals surface area contributed by atoms with Gasteiger partial charge in [0.05, 0.1) is 11.1 Å². The van der Waals surface area contributed by atoms with Crippen LogP contribution in [0.3, 0.4) is 0 Å². The summed E-state index contributed by atoms with van der Waals surface area (Å²) in [4.78, 5) is 8.12. The molecular formula is C14H14ClN5. The Morgan fingerprint density at radius 1 is 1.25 bits per heavy atom. The van der Waals surface area contributed by atoms with Crippen LogP contribution in [0, 0.1) is 0 Å². The molecule has 0 unspecified atom stereocenters. The summed E-state index contributed by atoms with van der Waals surface area (Å²) in [5.74, 6) is 0.534. The van der Waals surface area contributed by atoms with Crippen molar-refractivity contribution >= 4 is 28.5 Å². The Labute approximate surface area is 121 Å². The van der Waals surface area contributed by atoms with Gasteiger partial charge in [-0.15, -0.1) is 0 Å². The topological polar surface area (TPSA) is 80.5 Å². The second-order valence-corrected chi connectivity index (χ2v) is 4.92. The number of aromatic amines is 1. The smallest absolute Gasteiger partial charge is 0.226 e. The second kappa shape index (κ2) is 5.09. The summed E-state index contributed by atoms with van der Waals surface area (Å²) in [6, 6.07) is 10.2. The molecule has 20 heavy (non-hydrogen) atoms. The molecule has 0 bridgehead atoms. The maximum absolute atomic E-state index is 5.98. The highest BCUT2D eigenvalue weighted by Gasteiger charge is 2.20. The van der Waals surface area contributed by atoms with Crippen molar-refractivity contribution in [2.24, 2.45) is 0 Å². The highest BCUT2D eigenvalue weighted by atomic mass is 35.5. The van der Waals surface area contributed by atoms with Gasteiger partial charge in [-0.25, -0.2) is 4.98 Å². The van der Waals surface area contributed by atoms with Crippen LogP contribution in [0.1, 0.15) is 30.5 Å². The lowest BCUT2D eigenvalue weighted by Gasteiger charge is -2.14. The first-order valence-corrected chi connectivity index (χ1v) is 6.80. The number of H-pyrrole nitrogens is 1. The van der Waals surface area contributed by atoms with Gasteiger partial charge in [0.1, 0.15) is 5.82 Å². The number of nitrogens with one attached hydrogen (secondary N) is 1. The number of nitrogen functional groups attached to an aromatic ring is 1. The van der Waals surface area contributed by atoms with E-state index in [0.29, 0.717) is 11.5 Å². The SMILES string of the molecule is CC[C@H](c1ccccc1)c1[nH]nc2nc(Cl)nc(N)c12. The highest BCUT2D eigenvalue weighted by molar-refractivity contribution is 6.28. The van der Waals surface area contributed by atoms with Crippen LogP contribution in [-0.4, -0.2) is 20.2 Å². The zero-order valence-electron chi connectivity index (χ0n) is 11.0.